The molecule has 2 unspecified atom stereocenters. The van der Waals surface area contributed by atoms with Crippen LogP contribution in [0.4, 0.5) is 4.39 Å². The Hall–Kier alpha value is -3.65. The van der Waals surface area contributed by atoms with E-state index in [1.807, 2.05) is 31.2 Å². The number of carbonyl (C=O) groups is 1. The van der Waals surface area contributed by atoms with Crippen molar-refractivity contribution in [2.24, 2.45) is 0 Å². The molecule has 5 heteroatoms. The van der Waals surface area contributed by atoms with Crippen molar-refractivity contribution in [2.75, 3.05) is 7.11 Å². The van der Waals surface area contributed by atoms with Crippen LogP contribution < -0.4 is 9.47 Å². The van der Waals surface area contributed by atoms with E-state index in [0.717, 1.165) is 46.4 Å². The number of nitrogens with zero attached hydrogens (tertiary/aromatic N) is 1. The molecule has 1 aromatic heterocycles. The second kappa shape index (κ2) is 9.87. The molecular formula is C28H26FNO3. The molecule has 33 heavy (non-hydrogen) atoms. The summed E-state index contributed by atoms with van der Waals surface area (Å²) in [5.41, 5.74) is 5.23. The third-order valence-corrected chi connectivity index (χ3v) is 6.01. The van der Waals surface area contributed by atoms with Gasteiger partial charge in [0.1, 0.15) is 24.0 Å². The molecule has 168 valence electrons. The predicted octanol–water partition coefficient (Wildman–Crippen LogP) is 5.97. The minimum Gasteiger partial charge on any atom is -0.485 e. The van der Waals surface area contributed by atoms with Crippen molar-refractivity contribution in [3.63, 3.8) is 0 Å². The van der Waals surface area contributed by atoms with E-state index < -0.39 is 0 Å². The molecule has 2 aromatic carbocycles. The highest BCUT2D eigenvalue weighted by atomic mass is 19.1. The third kappa shape index (κ3) is 4.75. The number of methoxy groups -OCH3 is 1. The first kappa shape index (κ1) is 22.5. The Bertz CT molecular complexity index is 1240. The number of aldehydes is 1. The highest BCUT2D eigenvalue weighted by molar-refractivity contribution is 5.67. The molecule has 0 aliphatic carbocycles. The van der Waals surface area contributed by atoms with Crippen LogP contribution in [0.3, 0.4) is 0 Å². The zero-order valence-electron chi connectivity index (χ0n) is 19.0. The number of hydrogen-bond donors (Lipinski definition) is 0. The first-order valence-electron chi connectivity index (χ1n) is 11.0. The first-order chi connectivity index (χ1) is 16.0. The van der Waals surface area contributed by atoms with Gasteiger partial charge in [0.15, 0.2) is 0 Å². The lowest BCUT2D eigenvalue weighted by Gasteiger charge is -2.28. The van der Waals surface area contributed by atoms with Gasteiger partial charge < -0.3 is 14.3 Å². The number of carbonyl (C=O) groups excluding carboxylic acids is 1. The summed E-state index contributed by atoms with van der Waals surface area (Å²) in [7, 11) is 1.58. The van der Waals surface area contributed by atoms with E-state index in [1.54, 1.807) is 26.2 Å². The Kier molecular flexibility index (Phi) is 6.74. The normalized spacial score (nSPS) is 15.5. The van der Waals surface area contributed by atoms with Gasteiger partial charge in [-0.2, -0.15) is 0 Å². The van der Waals surface area contributed by atoms with Gasteiger partial charge in [0.05, 0.1) is 13.0 Å². The molecule has 4 rings (SSSR count). The van der Waals surface area contributed by atoms with E-state index in [-0.39, 0.29) is 17.8 Å². The van der Waals surface area contributed by atoms with Gasteiger partial charge >= 0.3 is 0 Å². The maximum absolute atomic E-state index is 14.8. The maximum Gasteiger partial charge on any atom is 0.213 e. The van der Waals surface area contributed by atoms with Crippen LogP contribution in [-0.2, 0) is 11.2 Å². The van der Waals surface area contributed by atoms with Crippen LogP contribution in [0, 0.1) is 24.6 Å². The van der Waals surface area contributed by atoms with E-state index in [4.69, 9.17) is 9.47 Å². The minimum atomic E-state index is -0.379. The van der Waals surface area contributed by atoms with Crippen molar-refractivity contribution in [1.82, 2.24) is 4.98 Å². The monoisotopic (exact) mass is 443 g/mol. The van der Waals surface area contributed by atoms with Gasteiger partial charge in [0, 0.05) is 29.3 Å². The van der Waals surface area contributed by atoms with Crippen LogP contribution >= 0.6 is 0 Å². The van der Waals surface area contributed by atoms with Gasteiger partial charge in [0.2, 0.25) is 5.88 Å². The number of benzene rings is 2. The van der Waals surface area contributed by atoms with Crippen molar-refractivity contribution in [1.29, 1.82) is 0 Å². The summed E-state index contributed by atoms with van der Waals surface area (Å²) in [5, 5.41) is 0. The number of aryl methyl sites for hydroxylation is 2. The molecule has 4 nitrogen and oxygen atoms in total. The van der Waals surface area contributed by atoms with Crippen LogP contribution in [0.5, 0.6) is 11.6 Å². The number of fused-ring (bicyclic) bond motifs is 1. The van der Waals surface area contributed by atoms with Crippen LogP contribution in [-0.4, -0.2) is 18.4 Å². The molecular weight excluding hydrogens is 417 g/mol. The molecule has 0 N–H and O–H groups in total. The summed E-state index contributed by atoms with van der Waals surface area (Å²) in [4.78, 5) is 15.5. The topological polar surface area (TPSA) is 48.4 Å². The molecule has 1 aliphatic rings. The molecule has 2 atom stereocenters. The first-order valence-corrected chi connectivity index (χ1v) is 11.0. The summed E-state index contributed by atoms with van der Waals surface area (Å²) in [6.45, 7) is 3.68. The number of rotatable bonds is 6. The fourth-order valence-corrected chi connectivity index (χ4v) is 4.31. The summed E-state index contributed by atoms with van der Waals surface area (Å²) in [5.74, 6) is 6.89. The molecule has 0 radical (unpaired) electrons. The quantitative estimate of drug-likeness (QED) is 0.348. The Morgan fingerprint density at radius 2 is 2.09 bits per heavy atom. The second-order valence-corrected chi connectivity index (χ2v) is 8.08. The lowest BCUT2D eigenvalue weighted by atomic mass is 9.90. The Labute approximate surface area is 193 Å². The number of ether oxygens (including phenoxy) is 2. The van der Waals surface area contributed by atoms with E-state index in [1.165, 1.54) is 6.07 Å². The molecule has 0 amide bonds. The van der Waals surface area contributed by atoms with Gasteiger partial charge in [0.25, 0.3) is 0 Å². The third-order valence-electron chi connectivity index (χ3n) is 6.01. The van der Waals surface area contributed by atoms with Crippen LogP contribution in [0.25, 0.3) is 11.1 Å². The molecule has 0 bridgehead atoms. The summed E-state index contributed by atoms with van der Waals surface area (Å²) in [6.07, 6.45) is 2.30. The smallest absolute Gasteiger partial charge is 0.213 e. The zero-order chi connectivity index (χ0) is 23.4. The average Bonchev–Trinajstić information content (AvgIpc) is 2.83. The summed E-state index contributed by atoms with van der Waals surface area (Å²) in [6, 6.07) is 14.8. The average molecular weight is 444 g/mol. The molecule has 0 spiro atoms. The van der Waals surface area contributed by atoms with Crippen molar-refractivity contribution in [3.8, 4) is 34.6 Å². The molecule has 0 saturated carbocycles. The Morgan fingerprint density at radius 3 is 2.82 bits per heavy atom. The fraction of sp³-hybridized carbons (Fsp3) is 0.286. The number of hydrogen-bond acceptors (Lipinski definition) is 4. The highest BCUT2D eigenvalue weighted by Crippen LogP contribution is 2.39. The fourth-order valence-electron chi connectivity index (χ4n) is 4.31. The van der Waals surface area contributed by atoms with Gasteiger partial charge in [-0.15, -0.1) is 5.92 Å². The van der Waals surface area contributed by atoms with Crippen molar-refractivity contribution >= 4 is 6.29 Å². The minimum absolute atomic E-state index is 0.119. The molecule has 3 aromatic rings. The van der Waals surface area contributed by atoms with E-state index >= 15 is 0 Å². The highest BCUT2D eigenvalue weighted by Gasteiger charge is 2.25. The van der Waals surface area contributed by atoms with Gasteiger partial charge in [-0.3, -0.25) is 0 Å². The van der Waals surface area contributed by atoms with Crippen molar-refractivity contribution in [3.05, 3.63) is 76.7 Å². The van der Waals surface area contributed by atoms with E-state index in [0.29, 0.717) is 24.3 Å². The molecule has 0 fully saturated rings. The lowest BCUT2D eigenvalue weighted by molar-refractivity contribution is -0.107. The summed E-state index contributed by atoms with van der Waals surface area (Å²) < 4.78 is 26.3. The Morgan fingerprint density at radius 1 is 1.24 bits per heavy atom. The molecule has 2 heterocycles. The van der Waals surface area contributed by atoms with Gasteiger partial charge in [-0.1, -0.05) is 24.1 Å². The maximum atomic E-state index is 14.8. The molecule has 1 aliphatic heterocycles. The largest absolute Gasteiger partial charge is 0.485 e. The summed E-state index contributed by atoms with van der Waals surface area (Å²) >= 11 is 0. The zero-order valence-corrected chi connectivity index (χ0v) is 19.0. The molecule has 0 saturated heterocycles. The lowest BCUT2D eigenvalue weighted by Crippen LogP contribution is -2.17. The second-order valence-electron chi connectivity index (χ2n) is 8.08. The number of pyridine rings is 1. The SMILES string of the molecule is CC#CC(CC=O)c1ccc2c(c1)CCC(c1cc(-c3ccc(OC)nc3C)ccc1F)O2. The predicted molar refractivity (Wildman–Crippen MR) is 126 cm³/mol. The van der Waals surface area contributed by atoms with E-state index in [9.17, 15) is 9.18 Å². The number of aromatic nitrogens is 1. The Balaban J connectivity index is 1.61. The van der Waals surface area contributed by atoms with Crippen LogP contribution in [0.15, 0.2) is 48.5 Å². The van der Waals surface area contributed by atoms with Crippen molar-refractivity contribution < 1.29 is 18.7 Å². The van der Waals surface area contributed by atoms with Crippen LogP contribution in [0.2, 0.25) is 0 Å². The van der Waals surface area contributed by atoms with Crippen molar-refractivity contribution in [2.45, 2.75) is 45.1 Å². The number of halogens is 1. The van der Waals surface area contributed by atoms with Crippen LogP contribution in [0.1, 0.15) is 54.2 Å². The van der Waals surface area contributed by atoms with Gasteiger partial charge in [-0.05, 0) is 67.6 Å². The van der Waals surface area contributed by atoms with E-state index in [2.05, 4.69) is 22.9 Å². The standard InChI is InChI=1S/C28H26FNO3/c1-4-5-19(14-15-31)20-7-11-26-22(16-20)8-12-27(33-26)24-17-21(6-10-25(24)29)23-9-13-28(32-3)30-18(23)2/h6-7,9-11,13,15-17,19,27H,8,12,14H2,1-3H3. The van der Waals surface area contributed by atoms with Gasteiger partial charge in [-0.25, -0.2) is 9.37 Å².